The second-order valence-electron chi connectivity index (χ2n) is 6.84. The number of nitrogens with one attached hydrogen (secondary N) is 1. The number of hydrogen-bond donors (Lipinski definition) is 2. The lowest BCUT2D eigenvalue weighted by Gasteiger charge is -2.17. The van der Waals surface area contributed by atoms with Crippen LogP contribution in [0, 0.1) is 11.6 Å². The summed E-state index contributed by atoms with van der Waals surface area (Å²) in [5.74, 6) is -2.89. The van der Waals surface area contributed by atoms with Crippen LogP contribution in [0.1, 0.15) is 28.4 Å². The Morgan fingerprint density at radius 2 is 1.90 bits per heavy atom. The van der Waals surface area contributed by atoms with Gasteiger partial charge in [0.15, 0.2) is 5.75 Å². The lowest BCUT2D eigenvalue weighted by molar-refractivity contribution is 0.0761. The van der Waals surface area contributed by atoms with Gasteiger partial charge in [-0.25, -0.2) is 17.2 Å². The molecule has 0 spiro atoms. The number of fused-ring (bicyclic) bond motifs is 2. The smallest absolute Gasteiger partial charge is 0.258 e. The van der Waals surface area contributed by atoms with Gasteiger partial charge in [0.25, 0.3) is 5.91 Å². The van der Waals surface area contributed by atoms with E-state index in [0.29, 0.717) is 5.39 Å². The molecule has 1 aromatic heterocycles. The summed E-state index contributed by atoms with van der Waals surface area (Å²) in [5.41, 5.74) is -0.0232. The summed E-state index contributed by atoms with van der Waals surface area (Å²) in [6, 6.07) is 6.53. The number of pyridine rings is 1. The van der Waals surface area contributed by atoms with E-state index in [4.69, 9.17) is 0 Å². The molecule has 156 valence electrons. The van der Waals surface area contributed by atoms with E-state index in [0.717, 1.165) is 17.0 Å². The number of nitrogens with zero attached hydrogens (tertiary/aromatic N) is 2. The molecule has 0 saturated heterocycles. The number of phenolic OH excluding ortho intramolecular Hbond substituents is 1. The van der Waals surface area contributed by atoms with Gasteiger partial charge in [0.05, 0.1) is 23.5 Å². The third-order valence-electron chi connectivity index (χ3n) is 5.04. The van der Waals surface area contributed by atoms with E-state index in [1.165, 1.54) is 19.2 Å². The normalized spacial score (nSPS) is 13.7. The summed E-state index contributed by atoms with van der Waals surface area (Å²) in [6.45, 7) is 0.943. The zero-order chi connectivity index (χ0) is 21.6. The molecule has 0 fully saturated rings. The number of carbonyl (C=O) groups excluding carboxylic acids is 1. The van der Waals surface area contributed by atoms with Gasteiger partial charge >= 0.3 is 0 Å². The van der Waals surface area contributed by atoms with E-state index >= 15 is 0 Å². The highest BCUT2D eigenvalue weighted by Gasteiger charge is 2.36. The van der Waals surface area contributed by atoms with Gasteiger partial charge in [-0.05, 0) is 31.2 Å². The largest absolute Gasteiger partial charge is 0.505 e. The molecule has 2 heterocycles. The van der Waals surface area contributed by atoms with Gasteiger partial charge in [0, 0.05) is 29.3 Å². The van der Waals surface area contributed by atoms with E-state index in [9.17, 15) is 27.1 Å². The molecule has 0 bridgehead atoms. The van der Waals surface area contributed by atoms with Gasteiger partial charge in [-0.3, -0.25) is 14.5 Å². The zero-order valence-electron chi connectivity index (χ0n) is 15.8. The van der Waals surface area contributed by atoms with E-state index in [1.54, 1.807) is 12.1 Å². The number of halogens is 2. The molecule has 2 N–H and O–H groups in total. The minimum Gasteiger partial charge on any atom is -0.505 e. The predicted octanol–water partition coefficient (Wildman–Crippen LogP) is 3.14. The molecular weight excluding hydrogens is 416 g/mol. The summed E-state index contributed by atoms with van der Waals surface area (Å²) >= 11 is 0. The van der Waals surface area contributed by atoms with Crippen LogP contribution in [0.25, 0.3) is 10.9 Å². The molecule has 7 nitrogen and oxygen atoms in total. The Labute approximate surface area is 171 Å². The van der Waals surface area contributed by atoms with Crippen LogP contribution in [0.5, 0.6) is 5.75 Å². The van der Waals surface area contributed by atoms with Crippen molar-refractivity contribution in [1.82, 2.24) is 9.88 Å². The van der Waals surface area contributed by atoms with Gasteiger partial charge < -0.3 is 10.0 Å². The van der Waals surface area contributed by atoms with Gasteiger partial charge in [-0.1, -0.05) is 6.07 Å². The SMILES string of the molecule is CCS(=O)(=O)Nc1c2c(c(O)c3ncccc13)C(=O)N(Cc1c(F)cccc1F)C2. The number of benzene rings is 2. The first-order chi connectivity index (χ1) is 14.2. The Morgan fingerprint density at radius 3 is 2.57 bits per heavy atom. The average molecular weight is 433 g/mol. The number of carbonyl (C=O) groups is 1. The van der Waals surface area contributed by atoms with Crippen molar-refractivity contribution in [3.05, 3.63) is 64.9 Å². The number of amides is 1. The van der Waals surface area contributed by atoms with Crippen molar-refractivity contribution in [2.24, 2.45) is 0 Å². The molecular formula is C20H17F2N3O4S. The van der Waals surface area contributed by atoms with Crippen molar-refractivity contribution in [2.75, 3.05) is 10.5 Å². The summed E-state index contributed by atoms with van der Waals surface area (Å²) in [6.07, 6.45) is 1.40. The van der Waals surface area contributed by atoms with Crippen molar-refractivity contribution in [3.8, 4) is 5.75 Å². The van der Waals surface area contributed by atoms with E-state index in [1.807, 2.05) is 0 Å². The molecule has 0 atom stereocenters. The van der Waals surface area contributed by atoms with E-state index in [-0.39, 0.29) is 46.7 Å². The lowest BCUT2D eigenvalue weighted by atomic mass is 10.0. The minimum atomic E-state index is -3.71. The number of phenols is 1. The molecule has 3 aromatic rings. The maximum absolute atomic E-state index is 14.1. The van der Waals surface area contributed by atoms with Crippen LogP contribution < -0.4 is 4.72 Å². The van der Waals surface area contributed by atoms with Crippen molar-refractivity contribution in [1.29, 1.82) is 0 Å². The maximum atomic E-state index is 14.1. The van der Waals surface area contributed by atoms with Crippen LogP contribution >= 0.6 is 0 Å². The number of rotatable bonds is 5. The number of aromatic nitrogens is 1. The molecule has 0 aliphatic carbocycles. The Kier molecular flexibility index (Phi) is 4.81. The lowest BCUT2D eigenvalue weighted by Crippen LogP contribution is -2.24. The molecule has 10 heteroatoms. The first-order valence-electron chi connectivity index (χ1n) is 9.08. The van der Waals surface area contributed by atoms with Gasteiger partial charge in [0.2, 0.25) is 10.0 Å². The van der Waals surface area contributed by atoms with Crippen molar-refractivity contribution in [2.45, 2.75) is 20.0 Å². The molecule has 4 rings (SSSR count). The van der Waals surface area contributed by atoms with E-state index < -0.39 is 33.3 Å². The standard InChI is InChI=1S/C20H17F2N3O4S/c1-2-30(28,29)24-17-11-5-4-8-23-18(11)19(26)16-13(17)10-25(20(16)27)9-12-14(21)6-3-7-15(12)22/h3-8,24,26H,2,9-10H2,1H3. The number of sulfonamides is 1. The van der Waals surface area contributed by atoms with Crippen LogP contribution in [0.2, 0.25) is 0 Å². The predicted molar refractivity (Wildman–Crippen MR) is 106 cm³/mol. The summed E-state index contributed by atoms with van der Waals surface area (Å²) in [5, 5.41) is 11.0. The molecule has 1 aliphatic heterocycles. The molecule has 0 radical (unpaired) electrons. The Morgan fingerprint density at radius 1 is 1.20 bits per heavy atom. The molecule has 30 heavy (non-hydrogen) atoms. The van der Waals surface area contributed by atoms with Crippen molar-refractivity contribution < 1.29 is 27.1 Å². The van der Waals surface area contributed by atoms with Crippen LogP contribution in [0.3, 0.4) is 0 Å². The van der Waals surface area contributed by atoms with Gasteiger partial charge in [-0.2, -0.15) is 0 Å². The fourth-order valence-electron chi connectivity index (χ4n) is 3.50. The van der Waals surface area contributed by atoms with E-state index in [2.05, 4.69) is 9.71 Å². The second kappa shape index (κ2) is 7.21. The van der Waals surface area contributed by atoms with Gasteiger partial charge in [-0.15, -0.1) is 0 Å². The highest BCUT2D eigenvalue weighted by molar-refractivity contribution is 7.92. The Balaban J connectivity index is 1.87. The molecule has 1 amide bonds. The molecule has 0 unspecified atom stereocenters. The summed E-state index contributed by atoms with van der Waals surface area (Å²) < 4.78 is 55.1. The van der Waals surface area contributed by atoms with Crippen LogP contribution in [-0.4, -0.2) is 35.1 Å². The number of aromatic hydroxyl groups is 1. The van der Waals surface area contributed by atoms with Crippen molar-refractivity contribution >= 4 is 32.5 Å². The van der Waals surface area contributed by atoms with Crippen LogP contribution in [0.4, 0.5) is 14.5 Å². The quantitative estimate of drug-likeness (QED) is 0.603. The average Bonchev–Trinajstić information content (AvgIpc) is 3.04. The van der Waals surface area contributed by atoms with Crippen LogP contribution in [0.15, 0.2) is 36.5 Å². The number of anilines is 1. The maximum Gasteiger partial charge on any atom is 0.258 e. The second-order valence-corrected chi connectivity index (χ2v) is 8.85. The highest BCUT2D eigenvalue weighted by Crippen LogP contribution is 2.43. The zero-order valence-corrected chi connectivity index (χ0v) is 16.6. The third kappa shape index (κ3) is 3.22. The van der Waals surface area contributed by atoms with Crippen LogP contribution in [-0.2, 0) is 23.1 Å². The topological polar surface area (TPSA) is 99.6 Å². The molecule has 1 aliphatic rings. The van der Waals surface area contributed by atoms with Crippen molar-refractivity contribution in [3.63, 3.8) is 0 Å². The fourth-order valence-corrected chi connectivity index (χ4v) is 4.19. The summed E-state index contributed by atoms with van der Waals surface area (Å²) in [4.78, 5) is 18.2. The first-order valence-corrected chi connectivity index (χ1v) is 10.7. The molecule has 0 saturated carbocycles. The fraction of sp³-hybridized carbons (Fsp3) is 0.200. The Bertz CT molecular complexity index is 1270. The highest BCUT2D eigenvalue weighted by atomic mass is 32.2. The van der Waals surface area contributed by atoms with Gasteiger partial charge in [0.1, 0.15) is 17.2 Å². The Hall–Kier alpha value is -3.27. The summed E-state index contributed by atoms with van der Waals surface area (Å²) in [7, 11) is -3.71. The minimum absolute atomic E-state index is 0.0531. The third-order valence-corrected chi connectivity index (χ3v) is 6.32. The molecule has 2 aromatic carbocycles. The monoisotopic (exact) mass is 433 g/mol. The first kappa shape index (κ1) is 20.0. The number of hydrogen-bond acceptors (Lipinski definition) is 5.